The van der Waals surface area contributed by atoms with E-state index in [9.17, 15) is 24.7 Å². The average molecular weight is 476 g/mol. The van der Waals surface area contributed by atoms with E-state index in [0.29, 0.717) is 24.8 Å². The molecular formula is C23H31FNaO6P. The van der Waals surface area contributed by atoms with E-state index in [2.05, 4.69) is 0 Å². The van der Waals surface area contributed by atoms with E-state index in [1.165, 1.54) is 18.8 Å². The van der Waals surface area contributed by atoms with Crippen molar-refractivity contribution < 1.29 is 63.2 Å². The van der Waals surface area contributed by atoms with Gasteiger partial charge in [-0.15, -0.1) is 0 Å². The summed E-state index contributed by atoms with van der Waals surface area (Å²) in [6.45, 7) is 6.14. The van der Waals surface area contributed by atoms with Crippen LogP contribution in [0.4, 0.5) is 4.39 Å². The van der Waals surface area contributed by atoms with Gasteiger partial charge in [0.1, 0.15) is 12.2 Å². The molecule has 32 heavy (non-hydrogen) atoms. The predicted molar refractivity (Wildman–Crippen MR) is 112 cm³/mol. The van der Waals surface area contributed by atoms with Crippen molar-refractivity contribution in [2.24, 2.45) is 28.6 Å². The van der Waals surface area contributed by atoms with Crippen LogP contribution in [0.3, 0.4) is 0 Å². The van der Waals surface area contributed by atoms with Crippen LogP contribution < -0.4 is 34.5 Å². The van der Waals surface area contributed by atoms with Gasteiger partial charge in [-0.25, -0.2) is 4.39 Å². The number of rotatable bonds is 4. The van der Waals surface area contributed by atoms with Crippen LogP contribution in [0.5, 0.6) is 0 Å². The Labute approximate surface area is 211 Å². The molecule has 0 bridgehead atoms. The molecule has 0 saturated heterocycles. The molecule has 9 atom stereocenters. The molecule has 3 saturated carbocycles. The van der Waals surface area contributed by atoms with Crippen LogP contribution in [0.25, 0.3) is 0 Å². The van der Waals surface area contributed by atoms with Crippen LogP contribution in [0.15, 0.2) is 23.8 Å². The van der Waals surface area contributed by atoms with Gasteiger partial charge in [0.2, 0.25) is 0 Å². The van der Waals surface area contributed by atoms with E-state index in [1.807, 2.05) is 0 Å². The number of Topliss-reactive ketones (excluding diaryl/α,β-unsaturated/α-hetero) is 1. The summed E-state index contributed by atoms with van der Waals surface area (Å²) < 4.78 is 22.0. The van der Waals surface area contributed by atoms with Gasteiger partial charge in [-0.05, 0) is 63.3 Å². The van der Waals surface area contributed by atoms with Crippen LogP contribution in [-0.2, 0) is 14.1 Å². The van der Waals surface area contributed by atoms with Crippen molar-refractivity contribution >= 4 is 19.9 Å². The summed E-state index contributed by atoms with van der Waals surface area (Å²) in [4.78, 5) is 36.3. The van der Waals surface area contributed by atoms with Crippen molar-refractivity contribution in [1.82, 2.24) is 0 Å². The second-order valence-electron chi connectivity index (χ2n) is 10.3. The molecular weight excluding hydrogens is 445 g/mol. The Kier molecular flexibility index (Phi) is 7.15. The van der Waals surface area contributed by atoms with Gasteiger partial charge in [-0.2, -0.15) is 0 Å². The molecule has 0 spiro atoms. The fourth-order valence-electron chi connectivity index (χ4n) is 7.40. The van der Waals surface area contributed by atoms with Gasteiger partial charge in [0.15, 0.2) is 17.2 Å². The van der Waals surface area contributed by atoms with Crippen molar-refractivity contribution in [3.05, 3.63) is 23.8 Å². The Morgan fingerprint density at radius 1 is 1.38 bits per heavy atom. The third-order valence-corrected chi connectivity index (χ3v) is 9.52. The fourth-order valence-corrected chi connectivity index (χ4v) is 7.70. The summed E-state index contributed by atoms with van der Waals surface area (Å²) in [7, 11) is -2.00. The molecule has 172 valence electrons. The fraction of sp³-hybridized carbons (Fsp3) is 0.739. The van der Waals surface area contributed by atoms with Crippen molar-refractivity contribution in [1.29, 1.82) is 0 Å². The number of fused-ring (bicyclic) bond motifs is 5. The van der Waals surface area contributed by atoms with E-state index in [0.717, 1.165) is 0 Å². The van der Waals surface area contributed by atoms with E-state index < -0.39 is 60.8 Å². The number of allylic oxidation sites excluding steroid dienone is 4. The van der Waals surface area contributed by atoms with Gasteiger partial charge < -0.3 is 19.6 Å². The first-order valence-corrected chi connectivity index (χ1v) is 12.6. The van der Waals surface area contributed by atoms with Crippen LogP contribution in [0.2, 0.25) is 0 Å². The maximum Gasteiger partial charge on any atom is 1.00 e. The number of halogens is 1. The summed E-state index contributed by atoms with van der Waals surface area (Å²) in [6, 6.07) is 0. The summed E-state index contributed by atoms with van der Waals surface area (Å²) in [5.74, 6) is -2.11. The summed E-state index contributed by atoms with van der Waals surface area (Å²) >= 11 is 0. The molecule has 0 aromatic rings. The first-order chi connectivity index (χ1) is 14.3. The standard InChI is InChI=1S/C23H31FO6P.Na/c1-13-9-17-16-6-5-14-10-15(25)7-8-20(14,2)22(16,24)18(26)11-21(17,3)23(13,28)19(27)12-30-31(4)29;/h7-8,10,13,16-18,26,28H,5-6,9,11-12H2,1-4H3;/q-1;+1/t13-,16?,17?,18?,20?,21?,22+,23+,31?;/m1./s1. The van der Waals surface area contributed by atoms with E-state index in [-0.39, 0.29) is 47.7 Å². The predicted octanol–water partition coefficient (Wildman–Crippen LogP) is -0.774. The van der Waals surface area contributed by atoms with E-state index >= 15 is 4.39 Å². The number of aliphatic hydroxyl groups is 2. The van der Waals surface area contributed by atoms with Crippen LogP contribution >= 0.6 is 8.38 Å². The molecule has 9 heteroatoms. The molecule has 0 amide bonds. The van der Waals surface area contributed by atoms with Gasteiger partial charge in [-0.1, -0.05) is 33.9 Å². The topological polar surface area (TPSA) is 107 Å². The largest absolute Gasteiger partial charge is 1.00 e. The van der Waals surface area contributed by atoms with E-state index in [4.69, 9.17) is 4.52 Å². The monoisotopic (exact) mass is 476 g/mol. The first-order valence-electron chi connectivity index (χ1n) is 10.9. The normalized spacial score (nSPS) is 48.1. The molecule has 6 unspecified atom stereocenters. The third-order valence-electron chi connectivity index (χ3n) is 9.03. The van der Waals surface area contributed by atoms with Crippen LogP contribution in [0.1, 0.15) is 46.5 Å². The molecule has 0 aromatic carbocycles. The Bertz CT molecular complexity index is 879. The molecule has 0 heterocycles. The quantitative estimate of drug-likeness (QED) is 0.408. The van der Waals surface area contributed by atoms with Gasteiger partial charge in [-0.3, -0.25) is 9.59 Å². The maximum absolute atomic E-state index is 17.0. The average Bonchev–Trinajstić information content (AvgIpc) is 2.89. The van der Waals surface area contributed by atoms with Crippen molar-refractivity contribution in [3.8, 4) is 0 Å². The Morgan fingerprint density at radius 2 is 2.03 bits per heavy atom. The zero-order valence-electron chi connectivity index (χ0n) is 19.4. The maximum atomic E-state index is 17.0. The molecule has 4 aliphatic rings. The van der Waals surface area contributed by atoms with Crippen LogP contribution in [0, 0.1) is 28.6 Å². The van der Waals surface area contributed by atoms with Crippen molar-refractivity contribution in [2.75, 3.05) is 13.3 Å². The first kappa shape index (κ1) is 26.6. The number of hydrogen-bond donors (Lipinski definition) is 2. The number of carbonyl (C=O) groups excluding carboxylic acids is 2. The molecule has 6 nitrogen and oxygen atoms in total. The van der Waals surface area contributed by atoms with Crippen molar-refractivity contribution in [3.63, 3.8) is 0 Å². The molecule has 0 aromatic heterocycles. The summed E-state index contributed by atoms with van der Waals surface area (Å²) in [6.07, 6.45) is 4.35. The minimum absolute atomic E-state index is 0. The number of hydrogen-bond acceptors (Lipinski definition) is 6. The Hall–Kier alpha value is 0.0200. The summed E-state index contributed by atoms with van der Waals surface area (Å²) in [5.41, 5.74) is -5.27. The molecule has 4 aliphatic carbocycles. The van der Waals surface area contributed by atoms with Crippen molar-refractivity contribution in [2.45, 2.75) is 63.8 Å². The minimum Gasteiger partial charge on any atom is -0.808 e. The van der Waals surface area contributed by atoms with Crippen LogP contribution in [-0.4, -0.2) is 52.4 Å². The Balaban J connectivity index is 0.00000289. The number of ketones is 2. The minimum atomic E-state index is -2.00. The number of alkyl halides is 1. The molecule has 0 radical (unpaired) electrons. The Morgan fingerprint density at radius 3 is 2.66 bits per heavy atom. The number of aliphatic hydroxyl groups excluding tert-OH is 1. The number of carbonyl (C=O) groups is 2. The smallest absolute Gasteiger partial charge is 0.808 e. The summed E-state index contributed by atoms with van der Waals surface area (Å²) in [5, 5.41) is 22.9. The second kappa shape index (κ2) is 8.60. The molecule has 2 N–H and O–H groups in total. The van der Waals surface area contributed by atoms with Gasteiger partial charge in [0.25, 0.3) is 0 Å². The second-order valence-corrected chi connectivity index (χ2v) is 11.4. The van der Waals surface area contributed by atoms with Gasteiger partial charge >= 0.3 is 29.6 Å². The zero-order chi connectivity index (χ0) is 23.0. The third kappa shape index (κ3) is 3.34. The zero-order valence-corrected chi connectivity index (χ0v) is 22.3. The SMILES string of the molecule is C[C@@H]1CC2C3CCC4=CC(=O)C=CC4(C)[C@@]3(F)C(O)CC2(C)[C@@]1(O)C(=O)COP(C)[O-].[Na+]. The van der Waals surface area contributed by atoms with Gasteiger partial charge in [0.05, 0.1) is 6.10 Å². The molecule has 0 aliphatic heterocycles. The molecule has 3 fully saturated rings. The van der Waals surface area contributed by atoms with Gasteiger partial charge in [0, 0.05) is 16.7 Å². The molecule has 4 rings (SSSR count). The van der Waals surface area contributed by atoms with E-state index in [1.54, 1.807) is 26.8 Å².